The van der Waals surface area contributed by atoms with Crippen molar-refractivity contribution < 1.29 is 48.5 Å². The summed E-state index contributed by atoms with van der Waals surface area (Å²) in [6.07, 6.45) is -3.96. The van der Waals surface area contributed by atoms with Gasteiger partial charge in [-0.05, 0) is 42.3 Å². The first-order valence-electron chi connectivity index (χ1n) is 8.96. The van der Waals surface area contributed by atoms with E-state index in [1.54, 1.807) is 0 Å². The number of carbonyl (C=O) groups excluding carboxylic acids is 1. The van der Waals surface area contributed by atoms with E-state index in [0.29, 0.717) is 0 Å². The molecule has 1 aliphatic carbocycles. The second kappa shape index (κ2) is 8.15. The molecule has 1 atom stereocenters. The number of ether oxygens (including phenoxy) is 1. The summed E-state index contributed by atoms with van der Waals surface area (Å²) >= 11 is 0. The third-order valence-corrected chi connectivity index (χ3v) is 5.53. The Hall–Kier alpha value is -3.02. The fourth-order valence-corrected chi connectivity index (χ4v) is 3.71. The molecule has 0 spiro atoms. The molecule has 2 aromatic carbocycles. The van der Waals surface area contributed by atoms with Crippen molar-refractivity contribution in [2.24, 2.45) is 0 Å². The molecule has 2 aromatic rings. The van der Waals surface area contributed by atoms with Crippen LogP contribution in [0.25, 0.3) is 5.76 Å². The zero-order valence-corrected chi connectivity index (χ0v) is 16.9. The number of rotatable bonds is 5. The monoisotopic (exact) mass is 480 g/mol. The number of hydrogen-bond acceptors (Lipinski definition) is 5. The second-order valence-electron chi connectivity index (χ2n) is 6.60. The summed E-state index contributed by atoms with van der Waals surface area (Å²) in [7, 11) is -6.09. The van der Waals surface area contributed by atoms with E-state index in [-0.39, 0.29) is 28.9 Å². The van der Waals surface area contributed by atoms with E-state index in [9.17, 15) is 39.6 Å². The van der Waals surface area contributed by atoms with Gasteiger partial charge in [0.25, 0.3) is 0 Å². The first kappa shape index (κ1) is 23.6. The lowest BCUT2D eigenvalue weighted by Gasteiger charge is -2.18. The Kier molecular flexibility index (Phi) is 6.02. The summed E-state index contributed by atoms with van der Waals surface area (Å²) in [6, 6.07) is 7.68. The molecule has 0 radical (unpaired) electrons. The number of esters is 1. The molecule has 32 heavy (non-hydrogen) atoms. The molecule has 12 heteroatoms. The molecule has 0 saturated heterocycles. The summed E-state index contributed by atoms with van der Waals surface area (Å²) in [5.41, 5.74) is -7.50. The predicted octanol–water partition coefficient (Wildman–Crippen LogP) is 5.23. The van der Waals surface area contributed by atoms with Crippen LogP contribution in [-0.2, 0) is 25.2 Å². The summed E-state index contributed by atoms with van der Waals surface area (Å²) in [4.78, 5) is 12.1. The zero-order chi connectivity index (χ0) is 23.9. The van der Waals surface area contributed by atoms with Gasteiger partial charge < -0.3 is 8.92 Å². The summed E-state index contributed by atoms with van der Waals surface area (Å²) in [5, 5.41) is 0. The van der Waals surface area contributed by atoms with Crippen LogP contribution in [-0.4, -0.2) is 26.5 Å². The molecule has 0 saturated carbocycles. The van der Waals surface area contributed by atoms with Crippen molar-refractivity contribution in [2.75, 3.05) is 6.61 Å². The number of fused-ring (bicyclic) bond motifs is 1. The third-order valence-electron chi connectivity index (χ3n) is 4.57. The molecule has 0 N–H and O–H groups in total. The maximum absolute atomic E-state index is 13.5. The number of carbonyl (C=O) groups is 1. The highest BCUT2D eigenvalue weighted by Crippen LogP contribution is 2.46. The molecule has 5 nitrogen and oxygen atoms in total. The average molecular weight is 480 g/mol. The van der Waals surface area contributed by atoms with Crippen LogP contribution in [0.2, 0.25) is 0 Å². The molecule has 3 rings (SSSR count). The molecule has 0 fully saturated rings. The van der Waals surface area contributed by atoms with E-state index in [4.69, 9.17) is 4.74 Å². The Morgan fingerprint density at radius 2 is 1.66 bits per heavy atom. The SMILES string of the molecule is CCOC(=O)c1ccc2c(c1)C(c1ccccc1C(F)(F)F)C=C2OS(=O)(=O)C(F)(F)F. The molecule has 0 aromatic heterocycles. The highest BCUT2D eigenvalue weighted by Gasteiger charge is 2.50. The third kappa shape index (κ3) is 4.45. The maximum Gasteiger partial charge on any atom is 0.534 e. The number of benzene rings is 2. The first-order valence-corrected chi connectivity index (χ1v) is 10.4. The fourth-order valence-electron chi connectivity index (χ4n) is 3.24. The molecular formula is C20H14F6O5S. The molecular weight excluding hydrogens is 466 g/mol. The Bertz CT molecular complexity index is 1180. The molecule has 0 bridgehead atoms. The van der Waals surface area contributed by atoms with Crippen LogP contribution in [0, 0.1) is 0 Å². The highest BCUT2D eigenvalue weighted by molar-refractivity contribution is 7.87. The van der Waals surface area contributed by atoms with Gasteiger partial charge in [0, 0.05) is 11.5 Å². The molecule has 1 aliphatic rings. The van der Waals surface area contributed by atoms with Crippen molar-refractivity contribution in [3.8, 4) is 0 Å². The minimum atomic E-state index is -6.09. The second-order valence-corrected chi connectivity index (χ2v) is 8.14. The lowest BCUT2D eigenvalue weighted by atomic mass is 9.88. The first-order chi connectivity index (χ1) is 14.8. The molecule has 1 unspecified atom stereocenters. The fraction of sp³-hybridized carbons (Fsp3) is 0.250. The Morgan fingerprint density at radius 3 is 2.25 bits per heavy atom. The molecule has 0 aliphatic heterocycles. The van der Waals surface area contributed by atoms with Gasteiger partial charge in [0.05, 0.1) is 17.7 Å². The lowest BCUT2D eigenvalue weighted by molar-refractivity contribution is -0.138. The smallest absolute Gasteiger partial charge is 0.462 e. The van der Waals surface area contributed by atoms with Crippen LogP contribution >= 0.6 is 0 Å². The van der Waals surface area contributed by atoms with Crippen molar-refractivity contribution in [3.63, 3.8) is 0 Å². The number of allylic oxidation sites excluding steroid dienone is 1. The summed E-state index contributed by atoms with van der Waals surface area (Å²) in [6.45, 7) is 1.54. The van der Waals surface area contributed by atoms with Gasteiger partial charge in [-0.2, -0.15) is 34.8 Å². The van der Waals surface area contributed by atoms with Crippen LogP contribution in [0.4, 0.5) is 26.3 Å². The van der Waals surface area contributed by atoms with E-state index >= 15 is 0 Å². The minimum Gasteiger partial charge on any atom is -0.462 e. The van der Waals surface area contributed by atoms with Gasteiger partial charge in [0.1, 0.15) is 5.76 Å². The van der Waals surface area contributed by atoms with Gasteiger partial charge in [-0.3, -0.25) is 0 Å². The number of alkyl halides is 6. The minimum absolute atomic E-state index is 0.00664. The Morgan fingerprint density at radius 1 is 1.00 bits per heavy atom. The van der Waals surface area contributed by atoms with E-state index in [2.05, 4.69) is 4.18 Å². The van der Waals surface area contributed by atoms with Crippen LogP contribution in [0.15, 0.2) is 48.5 Å². The van der Waals surface area contributed by atoms with Gasteiger partial charge in [0.15, 0.2) is 0 Å². The largest absolute Gasteiger partial charge is 0.534 e. The van der Waals surface area contributed by atoms with E-state index in [1.807, 2.05) is 0 Å². The van der Waals surface area contributed by atoms with Gasteiger partial charge in [-0.1, -0.05) is 24.3 Å². The van der Waals surface area contributed by atoms with Crippen LogP contribution in [0.1, 0.15) is 45.5 Å². The quantitative estimate of drug-likeness (QED) is 0.254. The maximum atomic E-state index is 13.5. The van der Waals surface area contributed by atoms with Crippen LogP contribution in [0.5, 0.6) is 0 Å². The molecule has 172 valence electrons. The Balaban J connectivity index is 2.19. The highest BCUT2D eigenvalue weighted by atomic mass is 32.2. The molecule has 0 amide bonds. The van der Waals surface area contributed by atoms with Crippen molar-refractivity contribution in [1.82, 2.24) is 0 Å². The molecule has 0 heterocycles. The van der Waals surface area contributed by atoms with Crippen molar-refractivity contribution >= 4 is 21.8 Å². The number of hydrogen-bond donors (Lipinski definition) is 0. The summed E-state index contributed by atoms with van der Waals surface area (Å²) in [5.74, 6) is -2.94. The topological polar surface area (TPSA) is 69.7 Å². The average Bonchev–Trinajstić information content (AvgIpc) is 3.03. The Labute approximate surface area is 178 Å². The van der Waals surface area contributed by atoms with Crippen molar-refractivity contribution in [2.45, 2.75) is 24.5 Å². The summed E-state index contributed by atoms with van der Waals surface area (Å²) < 4.78 is 111. The van der Waals surface area contributed by atoms with Gasteiger partial charge in [-0.25, -0.2) is 4.79 Å². The lowest BCUT2D eigenvalue weighted by Crippen LogP contribution is -2.24. The van der Waals surface area contributed by atoms with Crippen molar-refractivity contribution in [1.29, 1.82) is 0 Å². The van der Waals surface area contributed by atoms with Gasteiger partial charge in [-0.15, -0.1) is 0 Å². The number of halogens is 6. The predicted molar refractivity (Wildman–Crippen MR) is 99.7 cm³/mol. The van der Waals surface area contributed by atoms with Crippen LogP contribution < -0.4 is 0 Å². The van der Waals surface area contributed by atoms with Gasteiger partial charge in [0.2, 0.25) is 0 Å². The van der Waals surface area contributed by atoms with E-state index in [0.717, 1.165) is 42.5 Å². The van der Waals surface area contributed by atoms with Crippen molar-refractivity contribution in [3.05, 3.63) is 76.4 Å². The standard InChI is InChI=1S/C20H14F6O5S/c1-2-30-18(27)11-7-8-13-14(9-11)15(10-17(13)31-32(28,29)20(24,25)26)12-5-3-4-6-16(12)19(21,22)23/h3-10,15H,2H2,1H3. The normalized spacial score (nSPS) is 16.3. The van der Waals surface area contributed by atoms with Crippen LogP contribution in [0.3, 0.4) is 0 Å². The zero-order valence-electron chi connectivity index (χ0n) is 16.1. The van der Waals surface area contributed by atoms with E-state index in [1.165, 1.54) is 13.0 Å². The van der Waals surface area contributed by atoms with E-state index < -0.39 is 45.0 Å². The van der Waals surface area contributed by atoms with Gasteiger partial charge >= 0.3 is 27.8 Å².